The minimum absolute atomic E-state index is 0.00460. The third kappa shape index (κ3) is 3.48. The lowest BCUT2D eigenvalue weighted by Crippen LogP contribution is -2.43. The molecule has 5 atom stereocenters. The van der Waals surface area contributed by atoms with Crippen LogP contribution in [0, 0.1) is 23.6 Å². The number of hydrogen-bond donors (Lipinski definition) is 0. The molecule has 4 rings (SSSR count). The molecule has 2 heterocycles. The van der Waals surface area contributed by atoms with Crippen LogP contribution in [0.5, 0.6) is 0 Å². The molecule has 0 aromatic heterocycles. The van der Waals surface area contributed by atoms with Crippen molar-refractivity contribution in [2.24, 2.45) is 17.8 Å². The molecule has 1 aromatic rings. The van der Waals surface area contributed by atoms with Gasteiger partial charge < -0.3 is 14.5 Å². The minimum Gasteiger partial charge on any atom is -0.483 e. The molecule has 29 heavy (non-hydrogen) atoms. The lowest BCUT2D eigenvalue weighted by atomic mass is 9.70. The van der Waals surface area contributed by atoms with Crippen molar-refractivity contribution in [1.82, 2.24) is 9.80 Å². The Bertz CT molecular complexity index is 865. The number of carbonyl (C=O) groups is 2. The molecule has 5 nitrogen and oxygen atoms in total. The summed E-state index contributed by atoms with van der Waals surface area (Å²) in [5.74, 6) is 0.216. The predicted molar refractivity (Wildman–Crippen MR) is 107 cm³/mol. The highest BCUT2D eigenvalue weighted by Gasteiger charge is 2.53. The molecule has 1 fully saturated rings. The topological polar surface area (TPSA) is 49.9 Å². The van der Waals surface area contributed by atoms with Gasteiger partial charge in [-0.25, -0.2) is 4.39 Å². The molecule has 156 valence electrons. The molecule has 0 N–H and O–H groups in total. The Labute approximate surface area is 171 Å². The summed E-state index contributed by atoms with van der Waals surface area (Å²) in [4.78, 5) is 30.5. The van der Waals surface area contributed by atoms with Crippen LogP contribution in [0.1, 0.15) is 38.3 Å². The zero-order valence-corrected chi connectivity index (χ0v) is 17.5. The van der Waals surface area contributed by atoms with E-state index in [9.17, 15) is 14.0 Å². The van der Waals surface area contributed by atoms with Crippen LogP contribution in [0.2, 0.25) is 0 Å². The SMILES string of the molecule is CC1CC2OC3=C(C(=O)C2CC1C)C(c1cccc(F)c1)N(CCN(C)C)C3=O. The number of rotatable bonds is 4. The number of carbonyl (C=O) groups excluding carboxylic acids is 2. The number of halogens is 1. The van der Waals surface area contributed by atoms with Crippen molar-refractivity contribution in [3.8, 4) is 0 Å². The summed E-state index contributed by atoms with van der Waals surface area (Å²) in [6.07, 6.45) is 1.31. The summed E-state index contributed by atoms with van der Waals surface area (Å²) in [6, 6.07) is 5.61. The van der Waals surface area contributed by atoms with Crippen LogP contribution < -0.4 is 0 Å². The Morgan fingerprint density at radius 1 is 1.17 bits per heavy atom. The van der Waals surface area contributed by atoms with Crippen molar-refractivity contribution in [3.63, 3.8) is 0 Å². The van der Waals surface area contributed by atoms with Crippen LogP contribution in [0.4, 0.5) is 4.39 Å². The molecule has 1 saturated carbocycles. The highest BCUT2D eigenvalue weighted by atomic mass is 19.1. The van der Waals surface area contributed by atoms with Crippen LogP contribution in [0.15, 0.2) is 35.6 Å². The van der Waals surface area contributed by atoms with Crippen molar-refractivity contribution >= 4 is 11.7 Å². The first-order valence-corrected chi connectivity index (χ1v) is 10.4. The third-order valence-corrected chi connectivity index (χ3v) is 6.76. The first-order chi connectivity index (χ1) is 13.8. The van der Waals surface area contributed by atoms with Gasteiger partial charge in [-0.2, -0.15) is 0 Å². The predicted octanol–water partition coefficient (Wildman–Crippen LogP) is 3.17. The average Bonchev–Trinajstić information content (AvgIpc) is 2.94. The Balaban J connectivity index is 1.75. The fourth-order valence-electron chi connectivity index (χ4n) is 4.87. The number of benzene rings is 1. The third-order valence-electron chi connectivity index (χ3n) is 6.76. The number of ether oxygens (including phenoxy) is 1. The van der Waals surface area contributed by atoms with Gasteiger partial charge in [0.15, 0.2) is 11.5 Å². The van der Waals surface area contributed by atoms with Gasteiger partial charge in [0.2, 0.25) is 0 Å². The van der Waals surface area contributed by atoms with E-state index in [1.807, 2.05) is 19.0 Å². The largest absolute Gasteiger partial charge is 0.483 e. The van der Waals surface area contributed by atoms with E-state index < -0.39 is 6.04 Å². The molecule has 1 amide bonds. The van der Waals surface area contributed by atoms with Gasteiger partial charge in [-0.1, -0.05) is 26.0 Å². The maximum absolute atomic E-state index is 14.0. The lowest BCUT2D eigenvalue weighted by Gasteiger charge is -2.40. The molecule has 6 heteroatoms. The fourth-order valence-corrected chi connectivity index (χ4v) is 4.87. The van der Waals surface area contributed by atoms with Crippen LogP contribution in [0.25, 0.3) is 0 Å². The van der Waals surface area contributed by atoms with E-state index in [1.165, 1.54) is 12.1 Å². The van der Waals surface area contributed by atoms with Gasteiger partial charge in [0.1, 0.15) is 11.9 Å². The number of nitrogens with zero attached hydrogens (tertiary/aromatic N) is 2. The van der Waals surface area contributed by atoms with E-state index in [2.05, 4.69) is 13.8 Å². The first-order valence-electron chi connectivity index (χ1n) is 10.4. The maximum atomic E-state index is 14.0. The quantitative estimate of drug-likeness (QED) is 0.779. The second kappa shape index (κ2) is 7.56. The number of amides is 1. The van der Waals surface area contributed by atoms with E-state index in [0.29, 0.717) is 36.1 Å². The van der Waals surface area contributed by atoms with Crippen LogP contribution in [0.3, 0.4) is 0 Å². The van der Waals surface area contributed by atoms with Gasteiger partial charge in [0.05, 0.1) is 17.5 Å². The van der Waals surface area contributed by atoms with Crippen molar-refractivity contribution in [3.05, 3.63) is 47.0 Å². The molecule has 5 unspecified atom stereocenters. The highest BCUT2D eigenvalue weighted by Crippen LogP contribution is 2.48. The van der Waals surface area contributed by atoms with Crippen LogP contribution in [-0.2, 0) is 14.3 Å². The van der Waals surface area contributed by atoms with E-state index in [-0.39, 0.29) is 35.3 Å². The van der Waals surface area contributed by atoms with Crippen molar-refractivity contribution in [1.29, 1.82) is 0 Å². The Kier molecular flexibility index (Phi) is 5.23. The summed E-state index contributed by atoms with van der Waals surface area (Å²) in [7, 11) is 3.87. The molecular formula is C23H29FN2O3. The zero-order chi connectivity index (χ0) is 20.9. The maximum Gasteiger partial charge on any atom is 0.290 e. The number of Topliss-reactive ketones (excluding diaryl/α,β-unsaturated/α-hetero) is 1. The molecule has 0 radical (unpaired) electrons. The van der Waals surface area contributed by atoms with Crippen molar-refractivity contribution in [2.75, 3.05) is 27.2 Å². The second-order valence-electron chi connectivity index (χ2n) is 9.06. The van der Waals surface area contributed by atoms with Gasteiger partial charge in [-0.05, 0) is 56.5 Å². The van der Waals surface area contributed by atoms with Gasteiger partial charge in [-0.3, -0.25) is 9.59 Å². The molecule has 1 aromatic carbocycles. The number of hydrogen-bond acceptors (Lipinski definition) is 4. The normalized spacial score (nSPS) is 31.8. The minimum atomic E-state index is -0.587. The number of ketones is 1. The van der Waals surface area contributed by atoms with Crippen LogP contribution in [-0.4, -0.2) is 54.8 Å². The standard InChI is InChI=1S/C23H29FN2O3/c1-13-10-17-18(11-14(13)2)29-22-19(21(17)27)20(15-6-5-7-16(24)12-15)26(23(22)28)9-8-25(3)4/h5-7,12-14,17-18,20H,8-11H2,1-4H3. The first kappa shape index (κ1) is 20.1. The summed E-state index contributed by atoms with van der Waals surface area (Å²) in [6.45, 7) is 5.44. The smallest absolute Gasteiger partial charge is 0.290 e. The lowest BCUT2D eigenvalue weighted by molar-refractivity contribution is -0.137. The Morgan fingerprint density at radius 2 is 1.90 bits per heavy atom. The van der Waals surface area contributed by atoms with Gasteiger partial charge in [0, 0.05) is 13.1 Å². The molecule has 1 aliphatic carbocycles. The molecule has 3 aliphatic rings. The van der Waals surface area contributed by atoms with E-state index in [1.54, 1.807) is 17.0 Å². The Morgan fingerprint density at radius 3 is 2.59 bits per heavy atom. The van der Waals surface area contributed by atoms with Gasteiger partial charge in [-0.15, -0.1) is 0 Å². The van der Waals surface area contributed by atoms with Gasteiger partial charge >= 0.3 is 0 Å². The Hall–Kier alpha value is -2.21. The molecule has 0 spiro atoms. The number of fused-ring (bicyclic) bond motifs is 1. The van der Waals surface area contributed by atoms with Gasteiger partial charge in [0.25, 0.3) is 5.91 Å². The van der Waals surface area contributed by atoms with E-state index in [4.69, 9.17) is 4.74 Å². The highest BCUT2D eigenvalue weighted by molar-refractivity contribution is 6.11. The summed E-state index contributed by atoms with van der Waals surface area (Å²) >= 11 is 0. The van der Waals surface area contributed by atoms with Crippen molar-refractivity contribution < 1.29 is 18.7 Å². The van der Waals surface area contributed by atoms with Crippen molar-refractivity contribution in [2.45, 2.75) is 38.8 Å². The molecule has 2 aliphatic heterocycles. The monoisotopic (exact) mass is 400 g/mol. The molecule has 0 bridgehead atoms. The summed E-state index contributed by atoms with van der Waals surface area (Å²) < 4.78 is 20.2. The second-order valence-corrected chi connectivity index (χ2v) is 9.06. The number of likely N-dealkylation sites (N-methyl/N-ethyl adjacent to an activating group) is 1. The summed E-state index contributed by atoms with van der Waals surface area (Å²) in [5.41, 5.74) is 1.04. The molecule has 0 saturated heterocycles. The average molecular weight is 400 g/mol. The van der Waals surface area contributed by atoms with E-state index >= 15 is 0 Å². The molecular weight excluding hydrogens is 371 g/mol. The van der Waals surface area contributed by atoms with E-state index in [0.717, 1.165) is 12.8 Å². The zero-order valence-electron chi connectivity index (χ0n) is 17.5. The fraction of sp³-hybridized carbons (Fsp3) is 0.565. The van der Waals surface area contributed by atoms with Crippen LogP contribution >= 0.6 is 0 Å². The summed E-state index contributed by atoms with van der Waals surface area (Å²) in [5, 5.41) is 0.